The molecule has 0 spiro atoms. The lowest BCUT2D eigenvalue weighted by Crippen LogP contribution is -2.52. The molecule has 4 rings (SSSR count). The second kappa shape index (κ2) is 8.86. The summed E-state index contributed by atoms with van der Waals surface area (Å²) < 4.78 is 5.64. The van der Waals surface area contributed by atoms with Crippen molar-refractivity contribution in [2.24, 2.45) is 46.3 Å². The van der Waals surface area contributed by atoms with Crippen LogP contribution in [0, 0.1) is 46.3 Å². The number of fused-ring (bicyclic) bond motifs is 5. The van der Waals surface area contributed by atoms with Gasteiger partial charge in [0.1, 0.15) is 6.10 Å². The van der Waals surface area contributed by atoms with Crippen LogP contribution in [0.5, 0.6) is 0 Å². The van der Waals surface area contributed by atoms with Gasteiger partial charge in [-0.1, -0.05) is 65.5 Å². The molecule has 0 saturated heterocycles. The Morgan fingerprint density at radius 1 is 1.10 bits per heavy atom. The van der Waals surface area contributed by atoms with E-state index in [4.69, 9.17) is 4.74 Å². The molecule has 176 valence electrons. The van der Waals surface area contributed by atoms with E-state index in [1.54, 1.807) is 6.92 Å². The van der Waals surface area contributed by atoms with Crippen molar-refractivity contribution in [3.63, 3.8) is 0 Å². The Balaban J connectivity index is 1.44. The average Bonchev–Trinajstić information content (AvgIpc) is 3.05. The van der Waals surface area contributed by atoms with Crippen molar-refractivity contribution >= 4 is 5.97 Å². The van der Waals surface area contributed by atoms with Crippen molar-refractivity contribution in [1.29, 1.82) is 0 Å². The third-order valence-electron chi connectivity index (χ3n) is 10.5. The van der Waals surface area contributed by atoms with E-state index in [-0.39, 0.29) is 12.1 Å². The molecule has 0 aromatic heterocycles. The topological polar surface area (TPSA) is 26.3 Å². The van der Waals surface area contributed by atoms with Gasteiger partial charge < -0.3 is 4.74 Å². The third-order valence-corrected chi connectivity index (χ3v) is 10.5. The highest BCUT2D eigenvalue weighted by atomic mass is 16.5. The molecule has 31 heavy (non-hydrogen) atoms. The van der Waals surface area contributed by atoms with Crippen LogP contribution >= 0.6 is 0 Å². The van der Waals surface area contributed by atoms with Gasteiger partial charge in [-0.25, -0.2) is 0 Å². The van der Waals surface area contributed by atoms with E-state index in [2.05, 4.69) is 40.7 Å². The standard InChI is InChI=1S/C29H48O2/c1-19(2)8-7-9-20(3)25-12-13-26-24-11-10-22-18-23(31-21(4)30)14-16-28(22,5)27(24)15-17-29(25,26)6/h13,19-20,22-25,27H,7-12,14-18H2,1-6H3/t20-,22+,23+,24+,25-,27+,28+,29-/m1/s1. The first-order valence-electron chi connectivity index (χ1n) is 13.5. The van der Waals surface area contributed by atoms with E-state index in [0.717, 1.165) is 48.3 Å². The fraction of sp³-hybridized carbons (Fsp3) is 0.897. The van der Waals surface area contributed by atoms with Gasteiger partial charge in [0, 0.05) is 6.92 Å². The smallest absolute Gasteiger partial charge is 0.302 e. The predicted molar refractivity (Wildman–Crippen MR) is 129 cm³/mol. The van der Waals surface area contributed by atoms with Gasteiger partial charge in [-0.2, -0.15) is 0 Å². The monoisotopic (exact) mass is 428 g/mol. The van der Waals surface area contributed by atoms with Crippen LogP contribution in [0.1, 0.15) is 112 Å². The fourth-order valence-electron chi connectivity index (χ4n) is 8.83. The van der Waals surface area contributed by atoms with Crippen LogP contribution in [0.4, 0.5) is 0 Å². The number of carbonyl (C=O) groups is 1. The summed E-state index contributed by atoms with van der Waals surface area (Å²) in [5, 5.41) is 0. The molecule has 3 fully saturated rings. The molecule has 4 aliphatic rings. The maximum absolute atomic E-state index is 11.5. The Morgan fingerprint density at radius 2 is 1.87 bits per heavy atom. The van der Waals surface area contributed by atoms with Crippen molar-refractivity contribution in [2.75, 3.05) is 0 Å². The van der Waals surface area contributed by atoms with Crippen molar-refractivity contribution in [2.45, 2.75) is 118 Å². The summed E-state index contributed by atoms with van der Waals surface area (Å²) in [7, 11) is 0. The Labute approximate surface area is 192 Å². The zero-order chi connectivity index (χ0) is 22.4. The zero-order valence-corrected chi connectivity index (χ0v) is 21.2. The van der Waals surface area contributed by atoms with Crippen molar-refractivity contribution in [1.82, 2.24) is 0 Å². The molecule has 0 radical (unpaired) electrons. The molecule has 2 nitrogen and oxygen atoms in total. The van der Waals surface area contributed by atoms with Crippen LogP contribution in [0.25, 0.3) is 0 Å². The maximum Gasteiger partial charge on any atom is 0.302 e. The minimum Gasteiger partial charge on any atom is -0.463 e. The summed E-state index contributed by atoms with van der Waals surface area (Å²) in [5.41, 5.74) is 2.77. The Morgan fingerprint density at radius 3 is 2.58 bits per heavy atom. The zero-order valence-electron chi connectivity index (χ0n) is 21.2. The quantitative estimate of drug-likeness (QED) is 0.317. The molecule has 0 unspecified atom stereocenters. The molecule has 0 heterocycles. The second-order valence-electron chi connectivity index (χ2n) is 12.8. The number of esters is 1. The van der Waals surface area contributed by atoms with E-state index < -0.39 is 0 Å². The van der Waals surface area contributed by atoms with E-state index in [1.807, 2.05) is 5.57 Å². The molecule has 0 N–H and O–H groups in total. The summed E-state index contributed by atoms with van der Waals surface area (Å²) in [6, 6.07) is 0. The summed E-state index contributed by atoms with van der Waals surface area (Å²) in [5.74, 6) is 4.85. The summed E-state index contributed by atoms with van der Waals surface area (Å²) in [4.78, 5) is 11.5. The van der Waals surface area contributed by atoms with Crippen LogP contribution < -0.4 is 0 Å². The largest absolute Gasteiger partial charge is 0.463 e. The molecular formula is C29H48O2. The summed E-state index contributed by atoms with van der Waals surface area (Å²) >= 11 is 0. The summed E-state index contributed by atoms with van der Waals surface area (Å²) in [6.07, 6.45) is 17.3. The third kappa shape index (κ3) is 4.26. The Hall–Kier alpha value is -0.790. The summed E-state index contributed by atoms with van der Waals surface area (Å²) in [6.45, 7) is 14.1. The highest BCUT2D eigenvalue weighted by Gasteiger charge is 2.58. The van der Waals surface area contributed by atoms with Crippen LogP contribution in [-0.4, -0.2) is 12.1 Å². The first-order chi connectivity index (χ1) is 14.6. The van der Waals surface area contributed by atoms with Crippen LogP contribution in [-0.2, 0) is 9.53 Å². The first kappa shape index (κ1) is 23.4. The lowest BCUT2D eigenvalue weighted by molar-refractivity contribution is -0.155. The number of rotatable bonds is 6. The van der Waals surface area contributed by atoms with Gasteiger partial charge in [0.15, 0.2) is 0 Å². The average molecular weight is 429 g/mol. The van der Waals surface area contributed by atoms with Crippen molar-refractivity contribution in [3.8, 4) is 0 Å². The van der Waals surface area contributed by atoms with E-state index in [9.17, 15) is 4.79 Å². The number of allylic oxidation sites excluding steroid dienone is 2. The number of hydrogen-bond donors (Lipinski definition) is 0. The van der Waals surface area contributed by atoms with Crippen molar-refractivity contribution < 1.29 is 9.53 Å². The van der Waals surface area contributed by atoms with Gasteiger partial charge in [-0.3, -0.25) is 4.79 Å². The SMILES string of the molecule is CC(=O)O[C@H]1CC[C@@]2(C)[C@@H](CC[C@H]3C4=CC[C@H]([C@H](C)CCCC(C)C)[C@@]4(C)CC[C@@H]32)C1. The van der Waals surface area contributed by atoms with Crippen LogP contribution in [0.2, 0.25) is 0 Å². The normalized spacial score (nSPS) is 42.9. The molecule has 8 atom stereocenters. The first-order valence-corrected chi connectivity index (χ1v) is 13.5. The molecule has 0 aromatic carbocycles. The van der Waals surface area contributed by atoms with E-state index in [1.165, 1.54) is 57.8 Å². The lowest BCUT2D eigenvalue weighted by Gasteiger charge is -2.60. The molecule has 0 aromatic rings. The number of hydrogen-bond acceptors (Lipinski definition) is 2. The highest BCUT2D eigenvalue weighted by molar-refractivity contribution is 5.66. The Bertz CT molecular complexity index is 693. The van der Waals surface area contributed by atoms with Gasteiger partial charge in [0.25, 0.3) is 0 Å². The van der Waals surface area contributed by atoms with E-state index >= 15 is 0 Å². The molecule has 3 saturated carbocycles. The maximum atomic E-state index is 11.5. The van der Waals surface area contributed by atoms with E-state index in [0.29, 0.717) is 10.8 Å². The molecule has 0 amide bonds. The predicted octanol–water partition coefficient (Wildman–Crippen LogP) is 7.96. The van der Waals surface area contributed by atoms with Gasteiger partial charge in [0.2, 0.25) is 0 Å². The fourth-order valence-corrected chi connectivity index (χ4v) is 8.83. The molecule has 0 aliphatic heterocycles. The lowest BCUT2D eigenvalue weighted by atomic mass is 9.45. The number of ether oxygens (including phenoxy) is 1. The van der Waals surface area contributed by atoms with Crippen LogP contribution in [0.15, 0.2) is 11.6 Å². The minimum atomic E-state index is -0.0969. The number of carbonyl (C=O) groups excluding carboxylic acids is 1. The minimum absolute atomic E-state index is 0.0969. The van der Waals surface area contributed by atoms with Gasteiger partial charge in [0.05, 0.1) is 0 Å². The van der Waals surface area contributed by atoms with Gasteiger partial charge in [-0.15, -0.1) is 0 Å². The molecular weight excluding hydrogens is 380 g/mol. The molecule has 4 aliphatic carbocycles. The highest BCUT2D eigenvalue weighted by Crippen LogP contribution is 2.66. The van der Waals surface area contributed by atoms with Gasteiger partial charge in [-0.05, 0) is 97.7 Å². The molecule has 0 bridgehead atoms. The Kier molecular flexibility index (Phi) is 6.68. The van der Waals surface area contributed by atoms with Crippen LogP contribution in [0.3, 0.4) is 0 Å². The second-order valence-corrected chi connectivity index (χ2v) is 12.8. The van der Waals surface area contributed by atoms with Crippen molar-refractivity contribution in [3.05, 3.63) is 11.6 Å². The molecule has 2 heteroatoms. The van der Waals surface area contributed by atoms with Gasteiger partial charge >= 0.3 is 5.97 Å².